The Labute approximate surface area is 146 Å². The first-order valence-electron chi connectivity index (χ1n) is 8.75. The average Bonchev–Trinajstić information content (AvgIpc) is 2.62. The molecule has 1 aliphatic rings. The first kappa shape index (κ1) is 15.9. The van der Waals surface area contributed by atoms with Gasteiger partial charge in [-0.05, 0) is 55.0 Å². The van der Waals surface area contributed by atoms with Crippen molar-refractivity contribution in [2.75, 3.05) is 18.0 Å². The number of halogens is 1. The van der Waals surface area contributed by atoms with Gasteiger partial charge in [-0.25, -0.2) is 9.37 Å². The van der Waals surface area contributed by atoms with E-state index in [0.717, 1.165) is 49.2 Å². The molecule has 0 spiro atoms. The number of fused-ring (bicyclic) bond motifs is 1. The highest BCUT2D eigenvalue weighted by Gasteiger charge is 2.21. The Kier molecular flexibility index (Phi) is 4.26. The van der Waals surface area contributed by atoms with Gasteiger partial charge in [-0.15, -0.1) is 0 Å². The quantitative estimate of drug-likeness (QED) is 0.677. The van der Waals surface area contributed by atoms with Crippen LogP contribution in [0.4, 0.5) is 10.2 Å². The van der Waals surface area contributed by atoms with E-state index in [0.29, 0.717) is 11.3 Å². The molecule has 1 radical (unpaired) electrons. The Balaban J connectivity index is 1.45. The predicted octanol–water partition coefficient (Wildman–Crippen LogP) is 4.98. The minimum Gasteiger partial charge on any atom is -0.356 e. The molecule has 1 saturated heterocycles. The van der Waals surface area contributed by atoms with Gasteiger partial charge in [-0.1, -0.05) is 24.3 Å². The van der Waals surface area contributed by atoms with E-state index in [-0.39, 0.29) is 11.6 Å². The Morgan fingerprint density at radius 3 is 2.64 bits per heavy atom. The third-order valence-corrected chi connectivity index (χ3v) is 5.02. The third kappa shape index (κ3) is 3.43. The maximum absolute atomic E-state index is 13.3. The number of para-hydroxylation sites is 1. The van der Waals surface area contributed by atoms with Crippen LogP contribution in [0.5, 0.6) is 5.75 Å². The number of aromatic nitrogens is 1. The minimum absolute atomic E-state index is 0.0301. The van der Waals surface area contributed by atoms with Crippen molar-refractivity contribution in [3.05, 3.63) is 66.0 Å². The lowest BCUT2D eigenvalue weighted by Gasteiger charge is -2.33. The molecule has 0 amide bonds. The highest BCUT2D eigenvalue weighted by molar-refractivity contribution is 5.86. The van der Waals surface area contributed by atoms with Gasteiger partial charge in [0.25, 0.3) is 0 Å². The number of hydrogen-bond donors (Lipinski definition) is 0. The van der Waals surface area contributed by atoms with Crippen LogP contribution < -0.4 is 4.90 Å². The van der Waals surface area contributed by atoms with Gasteiger partial charge in [-0.2, -0.15) is 0 Å². The number of rotatable bonds is 3. The second-order valence-electron chi connectivity index (χ2n) is 6.76. The largest absolute Gasteiger partial charge is 0.356 e. The molecule has 0 aliphatic carbocycles. The first-order valence-corrected chi connectivity index (χ1v) is 8.75. The van der Waals surface area contributed by atoms with Gasteiger partial charge in [0, 0.05) is 24.5 Å². The van der Waals surface area contributed by atoms with Crippen molar-refractivity contribution in [1.29, 1.82) is 0 Å². The maximum Gasteiger partial charge on any atom is 0.191 e. The monoisotopic (exact) mass is 335 g/mol. The summed E-state index contributed by atoms with van der Waals surface area (Å²) in [5.74, 6) is 1.18. The van der Waals surface area contributed by atoms with E-state index >= 15 is 0 Å². The van der Waals surface area contributed by atoms with Gasteiger partial charge < -0.3 is 4.90 Å². The molecule has 25 heavy (non-hydrogen) atoms. The van der Waals surface area contributed by atoms with Crippen LogP contribution in [0.15, 0.2) is 54.6 Å². The van der Waals surface area contributed by atoms with Crippen LogP contribution in [0.1, 0.15) is 18.4 Å². The van der Waals surface area contributed by atoms with Crippen molar-refractivity contribution in [1.82, 2.24) is 4.98 Å². The molecule has 4 heteroatoms. The molecule has 4 rings (SSSR count). The van der Waals surface area contributed by atoms with Gasteiger partial charge >= 0.3 is 0 Å². The first-order chi connectivity index (χ1) is 12.2. The number of anilines is 1. The number of piperidine rings is 1. The van der Waals surface area contributed by atoms with Crippen LogP contribution in [0.3, 0.4) is 0 Å². The predicted molar refractivity (Wildman–Crippen MR) is 96.9 cm³/mol. The minimum atomic E-state index is -0.168. The van der Waals surface area contributed by atoms with E-state index in [1.54, 1.807) is 18.2 Å². The summed E-state index contributed by atoms with van der Waals surface area (Å²) in [5, 5.41) is 13.0. The van der Waals surface area contributed by atoms with Crippen LogP contribution in [0, 0.1) is 11.7 Å². The van der Waals surface area contributed by atoms with Crippen LogP contribution in [-0.2, 0) is 11.5 Å². The lowest BCUT2D eigenvalue weighted by molar-refractivity contribution is 0.359. The fourth-order valence-electron chi connectivity index (χ4n) is 3.66. The van der Waals surface area contributed by atoms with Crippen molar-refractivity contribution in [2.45, 2.75) is 19.3 Å². The fourth-order valence-corrected chi connectivity index (χ4v) is 3.66. The van der Waals surface area contributed by atoms with E-state index in [1.165, 1.54) is 6.07 Å². The molecule has 0 saturated carbocycles. The highest BCUT2D eigenvalue weighted by Crippen LogP contribution is 2.31. The average molecular weight is 335 g/mol. The second kappa shape index (κ2) is 6.71. The van der Waals surface area contributed by atoms with Crippen molar-refractivity contribution >= 4 is 16.7 Å². The van der Waals surface area contributed by atoms with E-state index < -0.39 is 0 Å². The molecule has 3 aromatic rings. The molecule has 0 atom stereocenters. The molecule has 3 nitrogen and oxygen atoms in total. The summed E-state index contributed by atoms with van der Waals surface area (Å²) in [6.45, 7) is 1.76. The Morgan fingerprint density at radius 1 is 1.04 bits per heavy atom. The van der Waals surface area contributed by atoms with E-state index in [9.17, 15) is 9.50 Å². The number of benzene rings is 2. The van der Waals surface area contributed by atoms with Gasteiger partial charge in [0.2, 0.25) is 0 Å². The smallest absolute Gasteiger partial charge is 0.191 e. The second-order valence-corrected chi connectivity index (χ2v) is 6.76. The Hall–Kier alpha value is -2.62. The SMILES string of the molecule is [O]c1cc(N2CCC(Cc3cccc(F)c3)CC2)nc2ccccc12. The zero-order valence-corrected chi connectivity index (χ0v) is 14.0. The van der Waals surface area contributed by atoms with Gasteiger partial charge in [0.05, 0.1) is 5.52 Å². The molecular formula is C21H20FN2O. The van der Waals surface area contributed by atoms with Crippen molar-refractivity contribution in [2.24, 2.45) is 5.92 Å². The molecule has 2 aromatic carbocycles. The lowest BCUT2D eigenvalue weighted by atomic mass is 9.90. The van der Waals surface area contributed by atoms with Crippen molar-refractivity contribution in [3.63, 3.8) is 0 Å². The van der Waals surface area contributed by atoms with Crippen LogP contribution in [0.25, 0.3) is 10.9 Å². The molecule has 0 unspecified atom stereocenters. The zero-order valence-electron chi connectivity index (χ0n) is 14.0. The highest BCUT2D eigenvalue weighted by atomic mass is 19.1. The topological polar surface area (TPSA) is 36.0 Å². The molecule has 1 aliphatic heterocycles. The number of hydrogen-bond acceptors (Lipinski definition) is 2. The fraction of sp³-hybridized carbons (Fsp3) is 0.286. The van der Waals surface area contributed by atoms with Crippen molar-refractivity contribution < 1.29 is 9.50 Å². The van der Waals surface area contributed by atoms with Gasteiger partial charge in [-0.3, -0.25) is 5.11 Å². The lowest BCUT2D eigenvalue weighted by Crippen LogP contribution is -2.34. The van der Waals surface area contributed by atoms with E-state index in [1.807, 2.05) is 30.3 Å². The summed E-state index contributed by atoms with van der Waals surface area (Å²) < 4.78 is 13.3. The Morgan fingerprint density at radius 2 is 1.84 bits per heavy atom. The van der Waals surface area contributed by atoms with Crippen LogP contribution in [0.2, 0.25) is 0 Å². The molecule has 1 fully saturated rings. The maximum atomic E-state index is 13.3. The standard InChI is InChI=1S/C21H20FN2O/c22-17-5-3-4-16(13-17)12-15-8-10-24(11-9-15)21-14-20(25)18-6-1-2-7-19(18)23-21/h1-7,13-15H,8-12H2. The number of pyridine rings is 1. The summed E-state index contributed by atoms with van der Waals surface area (Å²) in [7, 11) is 0. The molecule has 0 bridgehead atoms. The summed E-state index contributed by atoms with van der Waals surface area (Å²) in [6.07, 6.45) is 2.96. The van der Waals surface area contributed by atoms with Crippen molar-refractivity contribution in [3.8, 4) is 5.75 Å². The van der Waals surface area contributed by atoms with E-state index in [4.69, 9.17) is 0 Å². The normalized spacial score (nSPS) is 15.6. The van der Waals surface area contributed by atoms with Crippen LogP contribution in [-0.4, -0.2) is 18.1 Å². The summed E-state index contributed by atoms with van der Waals surface area (Å²) in [6, 6.07) is 16.0. The van der Waals surface area contributed by atoms with Crippen LogP contribution >= 0.6 is 0 Å². The van der Waals surface area contributed by atoms with E-state index in [2.05, 4.69) is 9.88 Å². The molecular weight excluding hydrogens is 315 g/mol. The summed E-state index contributed by atoms with van der Waals surface area (Å²) in [5.41, 5.74) is 1.82. The molecule has 1 aromatic heterocycles. The number of nitrogens with zero attached hydrogens (tertiary/aromatic N) is 2. The molecule has 127 valence electrons. The summed E-state index contributed by atoms with van der Waals surface area (Å²) >= 11 is 0. The third-order valence-electron chi connectivity index (χ3n) is 5.02. The van der Waals surface area contributed by atoms with Gasteiger partial charge in [0.15, 0.2) is 5.75 Å². The molecule has 2 heterocycles. The summed E-state index contributed by atoms with van der Waals surface area (Å²) in [4.78, 5) is 6.85. The van der Waals surface area contributed by atoms with Gasteiger partial charge in [0.1, 0.15) is 11.6 Å². The zero-order chi connectivity index (χ0) is 17.2. The molecule has 0 N–H and O–H groups in total. The Bertz CT molecular complexity index is 888.